The molecule has 1 aromatic heterocycles. The highest BCUT2D eigenvalue weighted by molar-refractivity contribution is 6.03. The Hall–Kier alpha value is -3.20. The molecule has 1 heterocycles. The van der Waals surface area contributed by atoms with E-state index in [9.17, 15) is 32.3 Å². The average Bonchev–Trinajstić information content (AvgIpc) is 2.70. The number of nitrogens with zero attached hydrogens (tertiary/aromatic N) is 1. The molecule has 1 amide bonds. The number of hydrogen-bond acceptors (Lipinski definition) is 3. The summed E-state index contributed by atoms with van der Waals surface area (Å²) in [6.07, 6.45) is -3.98. The van der Waals surface area contributed by atoms with E-state index < -0.39 is 35.9 Å². The lowest BCUT2D eigenvalue weighted by molar-refractivity contribution is -0.140. The van der Waals surface area contributed by atoms with Gasteiger partial charge in [-0.25, -0.2) is 4.39 Å². The van der Waals surface area contributed by atoms with Crippen LogP contribution in [0, 0.1) is 12.7 Å². The summed E-state index contributed by atoms with van der Waals surface area (Å²) in [5.41, 5.74) is -1.24. The van der Waals surface area contributed by atoms with Crippen molar-refractivity contribution in [2.24, 2.45) is 0 Å². The fourth-order valence-corrected chi connectivity index (χ4v) is 3.34. The molecule has 1 unspecified atom stereocenters. The Morgan fingerprint density at radius 1 is 1.16 bits per heavy atom. The number of alkyl halides is 3. The molecule has 0 bridgehead atoms. The lowest BCUT2D eigenvalue weighted by Gasteiger charge is -2.16. The van der Waals surface area contributed by atoms with E-state index in [4.69, 9.17) is 0 Å². The molecule has 0 saturated heterocycles. The van der Waals surface area contributed by atoms with Gasteiger partial charge in [-0.05, 0) is 43.2 Å². The minimum atomic E-state index is -4.87. The maximum absolute atomic E-state index is 14.2. The van der Waals surface area contributed by atoms with Crippen LogP contribution in [0.25, 0.3) is 10.8 Å². The molecule has 31 heavy (non-hydrogen) atoms. The van der Waals surface area contributed by atoms with E-state index in [1.165, 1.54) is 10.8 Å². The van der Waals surface area contributed by atoms with Gasteiger partial charge in [-0.2, -0.15) is 13.2 Å². The second kappa shape index (κ2) is 8.50. The van der Waals surface area contributed by atoms with Gasteiger partial charge in [0, 0.05) is 17.0 Å². The molecule has 0 saturated carbocycles. The van der Waals surface area contributed by atoms with Gasteiger partial charge >= 0.3 is 6.18 Å². The molecule has 0 aliphatic heterocycles. The number of amides is 1. The van der Waals surface area contributed by atoms with Crippen molar-refractivity contribution in [3.8, 4) is 0 Å². The first-order valence-electron chi connectivity index (χ1n) is 9.44. The fraction of sp³-hybridized carbons (Fsp3) is 0.273. The average molecular weight is 436 g/mol. The van der Waals surface area contributed by atoms with Crippen LogP contribution in [0.4, 0.5) is 23.2 Å². The van der Waals surface area contributed by atoms with Crippen molar-refractivity contribution < 1.29 is 27.5 Å². The highest BCUT2D eigenvalue weighted by Crippen LogP contribution is 2.33. The number of rotatable bonds is 5. The largest absolute Gasteiger partial charge is 0.419 e. The number of aromatic nitrogens is 1. The molecule has 3 aromatic rings. The number of nitrogens with one attached hydrogen (secondary N) is 1. The van der Waals surface area contributed by atoms with E-state index in [1.807, 2.05) is 0 Å². The van der Waals surface area contributed by atoms with Crippen LogP contribution >= 0.6 is 0 Å². The van der Waals surface area contributed by atoms with E-state index in [1.54, 1.807) is 32.0 Å². The van der Waals surface area contributed by atoms with Gasteiger partial charge in [-0.1, -0.05) is 18.2 Å². The van der Waals surface area contributed by atoms with E-state index >= 15 is 0 Å². The summed E-state index contributed by atoms with van der Waals surface area (Å²) < 4.78 is 54.3. The van der Waals surface area contributed by atoms with Crippen molar-refractivity contribution in [1.82, 2.24) is 4.57 Å². The Morgan fingerprint density at radius 2 is 1.87 bits per heavy atom. The van der Waals surface area contributed by atoms with E-state index in [0.717, 1.165) is 12.1 Å². The number of pyridine rings is 1. The zero-order chi connectivity index (χ0) is 22.9. The molecule has 9 heteroatoms. The van der Waals surface area contributed by atoms with Gasteiger partial charge in [0.2, 0.25) is 5.91 Å². The first-order chi connectivity index (χ1) is 14.5. The van der Waals surface area contributed by atoms with E-state index in [2.05, 4.69) is 5.32 Å². The third-order valence-electron chi connectivity index (χ3n) is 5.06. The Labute approximate surface area is 174 Å². The molecule has 0 fully saturated rings. The molecule has 1 atom stereocenters. The van der Waals surface area contributed by atoms with Crippen molar-refractivity contribution in [3.05, 3.63) is 75.5 Å². The topological polar surface area (TPSA) is 71.3 Å². The van der Waals surface area contributed by atoms with Crippen LogP contribution in [0.3, 0.4) is 0 Å². The van der Waals surface area contributed by atoms with Crippen LogP contribution in [0.15, 0.2) is 47.4 Å². The van der Waals surface area contributed by atoms with Crippen molar-refractivity contribution in [2.45, 2.75) is 32.5 Å². The van der Waals surface area contributed by atoms with E-state index in [0.29, 0.717) is 28.1 Å². The number of fused-ring (bicyclic) bond motifs is 1. The zero-order valence-electron chi connectivity index (χ0n) is 16.8. The van der Waals surface area contributed by atoms with Crippen molar-refractivity contribution >= 4 is 22.4 Å². The zero-order valence-corrected chi connectivity index (χ0v) is 16.8. The van der Waals surface area contributed by atoms with Gasteiger partial charge < -0.3 is 15.0 Å². The molecule has 0 spiro atoms. The van der Waals surface area contributed by atoms with Crippen LogP contribution in [0.5, 0.6) is 0 Å². The number of aliphatic hydroxyl groups excluding tert-OH is 1. The van der Waals surface area contributed by atoms with Crippen molar-refractivity contribution in [1.29, 1.82) is 0 Å². The van der Waals surface area contributed by atoms with Gasteiger partial charge in [-0.15, -0.1) is 0 Å². The molecule has 5 nitrogen and oxygen atoms in total. The normalized spacial score (nSPS) is 12.7. The van der Waals surface area contributed by atoms with Gasteiger partial charge in [0.05, 0.1) is 30.3 Å². The van der Waals surface area contributed by atoms with Gasteiger partial charge in [-0.3, -0.25) is 9.59 Å². The lowest BCUT2D eigenvalue weighted by Crippen LogP contribution is -2.25. The SMILES string of the molecule is Cc1ccc2c(=O)n(C(C)CO)ccc2c1NC(=O)Cc1cccc(C(F)(F)F)c1F. The minimum absolute atomic E-state index is 0.233. The third-order valence-corrected chi connectivity index (χ3v) is 5.06. The summed E-state index contributed by atoms with van der Waals surface area (Å²) in [6, 6.07) is 7.16. The predicted molar refractivity (Wildman–Crippen MR) is 108 cm³/mol. The second-order valence-electron chi connectivity index (χ2n) is 7.28. The van der Waals surface area contributed by atoms with Crippen molar-refractivity contribution in [2.75, 3.05) is 11.9 Å². The fourth-order valence-electron chi connectivity index (χ4n) is 3.34. The van der Waals surface area contributed by atoms with E-state index in [-0.39, 0.29) is 17.7 Å². The maximum Gasteiger partial charge on any atom is 0.419 e. The number of aliphatic hydroxyl groups is 1. The van der Waals surface area contributed by atoms with Gasteiger partial charge in [0.15, 0.2) is 0 Å². The monoisotopic (exact) mass is 436 g/mol. The summed E-state index contributed by atoms with van der Waals surface area (Å²) >= 11 is 0. The molecule has 0 aliphatic carbocycles. The van der Waals surface area contributed by atoms with Gasteiger partial charge in [0.25, 0.3) is 5.56 Å². The van der Waals surface area contributed by atoms with Crippen LogP contribution in [0.2, 0.25) is 0 Å². The van der Waals surface area contributed by atoms with Crippen LogP contribution < -0.4 is 10.9 Å². The molecular formula is C22H20F4N2O3. The molecular weight excluding hydrogens is 416 g/mol. The highest BCUT2D eigenvalue weighted by Gasteiger charge is 2.35. The summed E-state index contributed by atoms with van der Waals surface area (Å²) in [5.74, 6) is -2.21. The van der Waals surface area contributed by atoms with Crippen molar-refractivity contribution in [3.63, 3.8) is 0 Å². The molecule has 164 valence electrons. The standard InChI is InChI=1S/C22H20F4N2O3/c1-12-6-7-16-15(8-9-28(21(16)31)13(2)11-29)20(12)27-18(30)10-14-4-3-5-17(19(14)23)22(24,25)26/h3-9,13,29H,10-11H2,1-2H3,(H,27,30). The maximum atomic E-state index is 14.2. The van der Waals surface area contributed by atoms with Gasteiger partial charge in [0.1, 0.15) is 5.82 Å². The number of benzene rings is 2. The van der Waals surface area contributed by atoms with Crippen LogP contribution in [-0.4, -0.2) is 22.2 Å². The summed E-state index contributed by atoms with van der Waals surface area (Å²) in [5, 5.41) is 12.6. The number of carbonyl (C=O) groups excluding carboxylic acids is 1. The molecule has 0 aliphatic rings. The predicted octanol–water partition coefficient (Wildman–Crippen LogP) is 4.20. The Kier molecular flexibility index (Phi) is 6.17. The number of aryl methyl sites for hydroxylation is 1. The smallest absolute Gasteiger partial charge is 0.394 e. The Bertz CT molecular complexity index is 1200. The lowest BCUT2D eigenvalue weighted by atomic mass is 10.0. The molecule has 2 aromatic carbocycles. The molecule has 3 rings (SSSR count). The Morgan fingerprint density at radius 3 is 2.52 bits per heavy atom. The number of halogens is 4. The number of hydrogen-bond donors (Lipinski definition) is 2. The first kappa shape index (κ1) is 22.5. The summed E-state index contributed by atoms with van der Waals surface area (Å²) in [4.78, 5) is 25.3. The van der Waals surface area contributed by atoms with Crippen LogP contribution in [0.1, 0.15) is 29.7 Å². The molecule has 0 radical (unpaired) electrons. The third kappa shape index (κ3) is 4.46. The molecule has 2 N–H and O–H groups in total. The quantitative estimate of drug-likeness (QED) is 0.589. The summed E-state index contributed by atoms with van der Waals surface area (Å²) in [6.45, 7) is 3.14. The highest BCUT2D eigenvalue weighted by atomic mass is 19.4. The number of anilines is 1. The first-order valence-corrected chi connectivity index (χ1v) is 9.44. The number of carbonyl (C=O) groups is 1. The minimum Gasteiger partial charge on any atom is -0.394 e. The van der Waals surface area contributed by atoms with Crippen LogP contribution in [-0.2, 0) is 17.4 Å². The Balaban J connectivity index is 1.95. The summed E-state index contributed by atoms with van der Waals surface area (Å²) in [7, 11) is 0. The second-order valence-corrected chi connectivity index (χ2v) is 7.28.